The number of amides is 5. The van der Waals surface area contributed by atoms with Gasteiger partial charge in [-0.1, -0.05) is 91.3 Å². The van der Waals surface area contributed by atoms with Crippen LogP contribution in [-0.2, 0) is 48.9 Å². The summed E-state index contributed by atoms with van der Waals surface area (Å²) in [6, 6.07) is 31.6. The van der Waals surface area contributed by atoms with E-state index in [2.05, 4.69) is 37.2 Å². The fourth-order valence-electron chi connectivity index (χ4n) is 13.9. The molecule has 0 radical (unpaired) electrons. The molecular formula is C72H86Cl3F7N10O8. The van der Waals surface area contributed by atoms with Gasteiger partial charge >= 0.3 is 18.4 Å². The third-order valence-corrected chi connectivity index (χ3v) is 19.6. The number of nitrogens with one attached hydrogen (secondary N) is 1. The molecule has 4 heterocycles. The molecule has 5 amide bonds. The Kier molecular flexibility index (Phi) is 28.1. The van der Waals surface area contributed by atoms with Crippen molar-refractivity contribution in [1.29, 1.82) is 0 Å². The van der Waals surface area contributed by atoms with Gasteiger partial charge in [-0.15, -0.1) is 37.2 Å². The third kappa shape index (κ3) is 19.5. The molecule has 2 N–H and O–H groups in total. The number of likely N-dealkylation sites (N-methyl/N-ethyl adjacent to an activating group) is 2. The Morgan fingerprint density at radius 3 is 1.95 bits per heavy atom. The van der Waals surface area contributed by atoms with Crippen molar-refractivity contribution in [2.45, 2.75) is 106 Å². The first-order chi connectivity index (χ1) is 46.4. The molecule has 6 aromatic rings. The summed E-state index contributed by atoms with van der Waals surface area (Å²) in [4.78, 5) is 87.2. The van der Waals surface area contributed by atoms with E-state index in [1.165, 1.54) is 41.6 Å². The van der Waals surface area contributed by atoms with Gasteiger partial charge < -0.3 is 49.3 Å². The molecule has 100 heavy (non-hydrogen) atoms. The summed E-state index contributed by atoms with van der Waals surface area (Å²) >= 11 is 0. The van der Waals surface area contributed by atoms with Crippen LogP contribution < -0.4 is 10.2 Å². The standard InChI is InChI=1S/C72H83F7N10O8.3ClH/c1-83(32-14-33-85(3)65(92)53-45-81-67(82-46-53)80-31-13-5-8-21-63(90)84(2)39-40-86-34-26-58(27-35-86)89(68(94)95)61-20-12-10-18-59(61)50-15-6-4-7-16-50)64(91)47-96-62-43-51-17-9-11-19-60(51)69(62)28-36-87(37-29-69)38-30-70(54-22-24-57(73)25-23-54)48-88(49-97-70)66(93)52-41-55(71(74,75)76)44-56(42-52)72(77,78)79;;;/h4,6-7,9-12,15-20,22-25,41-42,44-46,58,62H,5,8,13-14,21,26-40,43,47-49H2,1-3H3,(H,94,95)(H,80,81,82);3*1H/t62-,70+;;;/m0.../s1. The Morgan fingerprint density at radius 2 is 1.29 bits per heavy atom. The average molecular weight is 1460 g/mol. The number of para-hydroxylation sites is 1. The van der Waals surface area contributed by atoms with Crippen LogP contribution in [0.25, 0.3) is 11.1 Å². The molecule has 28 heteroatoms. The fraction of sp³-hybridized carbons (Fsp3) is 0.458. The lowest BCUT2D eigenvalue weighted by Gasteiger charge is -2.44. The lowest BCUT2D eigenvalue weighted by atomic mass is 9.72. The van der Waals surface area contributed by atoms with Crippen LogP contribution in [0.3, 0.4) is 0 Å². The van der Waals surface area contributed by atoms with Crippen molar-refractivity contribution in [3.63, 3.8) is 0 Å². The van der Waals surface area contributed by atoms with Crippen LogP contribution in [0.15, 0.2) is 134 Å². The lowest BCUT2D eigenvalue weighted by molar-refractivity contribution is -0.143. The number of halogens is 10. The number of alkyl halides is 6. The second-order valence-corrected chi connectivity index (χ2v) is 25.8. The van der Waals surface area contributed by atoms with Gasteiger partial charge in [-0.2, -0.15) is 26.3 Å². The Hall–Kier alpha value is -7.65. The zero-order chi connectivity index (χ0) is 69.1. The minimum absolute atomic E-state index is 0. The minimum Gasteiger partial charge on any atom is -0.465 e. The molecule has 1 aromatic heterocycles. The van der Waals surface area contributed by atoms with Gasteiger partial charge in [-0.3, -0.25) is 24.1 Å². The number of unbranched alkanes of at least 4 members (excludes halogenated alkanes) is 2. The molecule has 10 rings (SSSR count). The second-order valence-electron chi connectivity index (χ2n) is 25.8. The monoisotopic (exact) mass is 1460 g/mol. The molecule has 5 aromatic carbocycles. The van der Waals surface area contributed by atoms with Crippen LogP contribution in [0.1, 0.15) is 113 Å². The SMILES string of the molecule is CN(CCN1CCC(N(C(=O)O)c2ccccc2-c2ccccc2)CC1)C(=O)CCCCCNc1ncc(C(=O)N(C)CCCN(C)C(=O)CO[C@H]2Cc3ccccc3C23CCN(CC[C@]2(c4ccc(F)cc4)CN(C(=O)c4cc(C(F)(F)F)cc(C(F)(F)F)c4)CO2)CC3)cn1.Cl.Cl.Cl. The Balaban J connectivity index is 0.00000468. The maximum Gasteiger partial charge on any atom is 0.416 e. The molecule has 0 bridgehead atoms. The Morgan fingerprint density at radius 1 is 0.680 bits per heavy atom. The van der Waals surface area contributed by atoms with E-state index in [0.29, 0.717) is 132 Å². The predicted octanol–water partition coefficient (Wildman–Crippen LogP) is 13.0. The normalized spacial score (nSPS) is 17.7. The molecule has 2 atom stereocenters. The second kappa shape index (κ2) is 35.3. The van der Waals surface area contributed by atoms with Crippen LogP contribution in [0, 0.1) is 5.82 Å². The zero-order valence-corrected chi connectivity index (χ0v) is 58.5. The van der Waals surface area contributed by atoms with Crippen molar-refractivity contribution in [3.05, 3.63) is 178 Å². The lowest BCUT2D eigenvalue weighted by Crippen LogP contribution is -2.50. The topological polar surface area (TPSA) is 185 Å². The van der Waals surface area contributed by atoms with Gasteiger partial charge in [0, 0.05) is 115 Å². The number of hydrogen-bond donors (Lipinski definition) is 2. The van der Waals surface area contributed by atoms with E-state index in [9.17, 15) is 59.8 Å². The first-order valence-corrected chi connectivity index (χ1v) is 33.0. The van der Waals surface area contributed by atoms with Gasteiger partial charge in [0.1, 0.15) is 24.8 Å². The van der Waals surface area contributed by atoms with E-state index >= 15 is 0 Å². The maximum atomic E-state index is 14.2. The summed E-state index contributed by atoms with van der Waals surface area (Å²) in [5, 5.41) is 13.5. The molecule has 0 saturated carbocycles. The smallest absolute Gasteiger partial charge is 0.416 e. The number of hydrogen-bond acceptors (Lipinski definition) is 12. The number of likely N-dealkylation sites (tertiary alicyclic amines) is 2. The number of carbonyl (C=O) groups is 5. The molecule has 18 nitrogen and oxygen atoms in total. The molecule has 1 aliphatic carbocycles. The quantitative estimate of drug-likeness (QED) is 0.0387. The number of anilines is 2. The summed E-state index contributed by atoms with van der Waals surface area (Å²) in [5.74, 6) is -1.65. The Labute approximate surface area is 596 Å². The number of fused-ring (bicyclic) bond motifs is 2. The van der Waals surface area contributed by atoms with E-state index in [1.807, 2.05) is 73.8 Å². The highest BCUT2D eigenvalue weighted by atomic mass is 35.5. The van der Waals surface area contributed by atoms with Crippen molar-refractivity contribution in [2.75, 3.05) is 117 Å². The van der Waals surface area contributed by atoms with Gasteiger partial charge in [-0.05, 0) is 130 Å². The highest BCUT2D eigenvalue weighted by molar-refractivity contribution is 5.96. The van der Waals surface area contributed by atoms with Crippen molar-refractivity contribution in [1.82, 2.24) is 39.4 Å². The van der Waals surface area contributed by atoms with Crippen LogP contribution in [-0.4, -0.2) is 193 Å². The zero-order valence-electron chi connectivity index (χ0n) is 56.0. The molecule has 4 aliphatic rings. The number of benzene rings is 5. The van der Waals surface area contributed by atoms with E-state index in [4.69, 9.17) is 9.47 Å². The van der Waals surface area contributed by atoms with E-state index in [1.54, 1.807) is 28.8 Å². The van der Waals surface area contributed by atoms with Gasteiger partial charge in [0.25, 0.3) is 11.8 Å². The molecule has 3 fully saturated rings. The molecule has 542 valence electrons. The molecular weight excluding hydrogens is 1370 g/mol. The Bertz CT molecular complexity index is 3670. The van der Waals surface area contributed by atoms with E-state index in [0.717, 1.165) is 59.5 Å². The largest absolute Gasteiger partial charge is 0.465 e. The van der Waals surface area contributed by atoms with Crippen molar-refractivity contribution < 1.29 is 69.3 Å². The summed E-state index contributed by atoms with van der Waals surface area (Å²) in [7, 11) is 5.20. The predicted molar refractivity (Wildman–Crippen MR) is 373 cm³/mol. The van der Waals surface area contributed by atoms with Crippen LogP contribution in [0.2, 0.25) is 0 Å². The third-order valence-electron chi connectivity index (χ3n) is 19.6. The number of carbonyl (C=O) groups excluding carboxylic acids is 4. The summed E-state index contributed by atoms with van der Waals surface area (Å²) < 4.78 is 110. The summed E-state index contributed by atoms with van der Waals surface area (Å²) in [5.41, 5.74) is -0.0976. The number of nitrogens with zero attached hydrogens (tertiary/aromatic N) is 9. The average Bonchev–Trinajstić information content (AvgIpc) is 1.58. The molecule has 0 unspecified atom stereocenters. The number of rotatable bonds is 26. The number of carboxylic acid groups (broad SMARTS) is 1. The minimum atomic E-state index is -5.15. The summed E-state index contributed by atoms with van der Waals surface area (Å²) in [6.07, 6.45) is -1.84. The van der Waals surface area contributed by atoms with Crippen molar-refractivity contribution in [3.8, 4) is 11.1 Å². The molecule has 3 saturated heterocycles. The highest BCUT2D eigenvalue weighted by Crippen LogP contribution is 2.49. The van der Waals surface area contributed by atoms with Gasteiger partial charge in [0.15, 0.2) is 0 Å². The van der Waals surface area contributed by atoms with Crippen LogP contribution in [0.5, 0.6) is 0 Å². The van der Waals surface area contributed by atoms with Crippen molar-refractivity contribution in [2.24, 2.45) is 0 Å². The number of ether oxygens (including phenoxy) is 2. The number of piperidine rings is 2. The van der Waals surface area contributed by atoms with Crippen molar-refractivity contribution >= 4 is 78.6 Å². The van der Waals surface area contributed by atoms with E-state index < -0.39 is 64.6 Å². The fourth-order valence-corrected chi connectivity index (χ4v) is 13.9. The summed E-state index contributed by atoms with van der Waals surface area (Å²) in [6.45, 7) is 4.85. The van der Waals surface area contributed by atoms with Crippen LogP contribution in [0.4, 0.5) is 47.2 Å². The molecule has 1 spiro atoms. The first kappa shape index (κ1) is 79.7. The number of aromatic nitrogens is 2. The van der Waals surface area contributed by atoms with Gasteiger partial charge in [-0.25, -0.2) is 19.2 Å². The highest BCUT2D eigenvalue weighted by Gasteiger charge is 2.50. The van der Waals surface area contributed by atoms with E-state index in [-0.39, 0.29) is 92.7 Å². The van der Waals surface area contributed by atoms with Gasteiger partial charge in [0.05, 0.1) is 35.0 Å². The molecule has 3 aliphatic heterocycles. The first-order valence-electron chi connectivity index (χ1n) is 33.0. The maximum absolute atomic E-state index is 14.2. The van der Waals surface area contributed by atoms with Gasteiger partial charge in [0.2, 0.25) is 17.8 Å². The van der Waals surface area contributed by atoms with Crippen LogP contribution >= 0.6 is 37.2 Å².